The van der Waals surface area contributed by atoms with Crippen molar-refractivity contribution in [2.24, 2.45) is 5.73 Å². The number of hydrogen-bond donors (Lipinski definition) is 1. The van der Waals surface area contributed by atoms with Crippen molar-refractivity contribution in [3.05, 3.63) is 17.0 Å². The fourth-order valence-electron chi connectivity index (χ4n) is 1.95. The maximum Gasteiger partial charge on any atom is 0.0739 e. The van der Waals surface area contributed by atoms with Gasteiger partial charge in [0.25, 0.3) is 0 Å². The van der Waals surface area contributed by atoms with Crippen molar-refractivity contribution in [2.75, 3.05) is 7.11 Å². The van der Waals surface area contributed by atoms with Crippen molar-refractivity contribution in [3.63, 3.8) is 0 Å². The van der Waals surface area contributed by atoms with E-state index in [9.17, 15) is 0 Å². The lowest BCUT2D eigenvalue weighted by Crippen LogP contribution is -2.17. The summed E-state index contributed by atoms with van der Waals surface area (Å²) in [6.45, 7) is 9.01. The van der Waals surface area contributed by atoms with E-state index in [2.05, 4.69) is 18.9 Å². The molecule has 1 aromatic rings. The molecule has 16 heavy (non-hydrogen) atoms. The van der Waals surface area contributed by atoms with Crippen LogP contribution in [0.3, 0.4) is 0 Å². The van der Waals surface area contributed by atoms with Gasteiger partial charge in [-0.2, -0.15) is 5.10 Å². The Hall–Kier alpha value is -0.870. The topological polar surface area (TPSA) is 53.1 Å². The average molecular weight is 225 g/mol. The minimum absolute atomic E-state index is 0.0894. The Morgan fingerprint density at radius 3 is 2.56 bits per heavy atom. The average Bonchev–Trinajstić information content (AvgIpc) is 2.53. The molecule has 1 aromatic heterocycles. The second kappa shape index (κ2) is 5.46. The Bertz CT molecular complexity index is 346. The summed E-state index contributed by atoms with van der Waals surface area (Å²) in [4.78, 5) is 0. The Balaban J connectivity index is 2.97. The van der Waals surface area contributed by atoms with Crippen molar-refractivity contribution >= 4 is 0 Å². The SMILES string of the molecule is CCC(N)c1c(C)nn(CC(C)OC)c1C. The minimum Gasteiger partial charge on any atom is -0.380 e. The van der Waals surface area contributed by atoms with Gasteiger partial charge in [0, 0.05) is 24.4 Å². The number of aryl methyl sites for hydroxylation is 1. The van der Waals surface area contributed by atoms with Crippen LogP contribution in [0.15, 0.2) is 0 Å². The molecule has 2 unspecified atom stereocenters. The number of nitrogens with two attached hydrogens (primary N) is 1. The number of nitrogens with zero attached hydrogens (tertiary/aromatic N) is 2. The van der Waals surface area contributed by atoms with E-state index < -0.39 is 0 Å². The van der Waals surface area contributed by atoms with Gasteiger partial charge in [-0.1, -0.05) is 6.92 Å². The van der Waals surface area contributed by atoms with Crippen LogP contribution in [-0.2, 0) is 11.3 Å². The maximum atomic E-state index is 6.09. The Kier molecular flexibility index (Phi) is 4.50. The van der Waals surface area contributed by atoms with Gasteiger partial charge in [0.15, 0.2) is 0 Å². The van der Waals surface area contributed by atoms with E-state index in [1.807, 2.05) is 18.5 Å². The molecule has 0 aliphatic heterocycles. The van der Waals surface area contributed by atoms with Crippen LogP contribution in [-0.4, -0.2) is 23.0 Å². The standard InChI is InChI=1S/C12H23N3O/c1-6-11(13)12-9(3)14-15(10(12)4)7-8(2)16-5/h8,11H,6-7,13H2,1-5H3. The van der Waals surface area contributed by atoms with Crippen LogP contribution in [0.25, 0.3) is 0 Å². The Labute approximate surface area is 97.8 Å². The van der Waals surface area contributed by atoms with Crippen LogP contribution < -0.4 is 5.73 Å². The molecule has 0 aromatic carbocycles. The largest absolute Gasteiger partial charge is 0.380 e. The highest BCUT2D eigenvalue weighted by Gasteiger charge is 2.17. The van der Waals surface area contributed by atoms with E-state index >= 15 is 0 Å². The van der Waals surface area contributed by atoms with Gasteiger partial charge in [0.05, 0.1) is 18.3 Å². The summed E-state index contributed by atoms with van der Waals surface area (Å²) in [5.41, 5.74) is 9.47. The van der Waals surface area contributed by atoms with E-state index in [4.69, 9.17) is 10.5 Å². The zero-order chi connectivity index (χ0) is 12.3. The van der Waals surface area contributed by atoms with Crippen molar-refractivity contribution in [3.8, 4) is 0 Å². The number of rotatable bonds is 5. The zero-order valence-corrected chi connectivity index (χ0v) is 10.9. The number of aromatic nitrogens is 2. The van der Waals surface area contributed by atoms with E-state index in [1.54, 1.807) is 7.11 Å². The molecular formula is C12H23N3O. The summed E-state index contributed by atoms with van der Waals surface area (Å²) >= 11 is 0. The highest BCUT2D eigenvalue weighted by atomic mass is 16.5. The highest BCUT2D eigenvalue weighted by Crippen LogP contribution is 2.22. The molecule has 2 N–H and O–H groups in total. The normalized spacial score (nSPS) is 15.1. The molecule has 0 saturated carbocycles. The molecule has 92 valence electrons. The number of ether oxygens (including phenoxy) is 1. The second-order valence-corrected chi connectivity index (χ2v) is 4.33. The van der Waals surface area contributed by atoms with Crippen LogP contribution >= 0.6 is 0 Å². The first-order chi connectivity index (χ1) is 7.51. The minimum atomic E-state index is 0.0894. The molecule has 1 heterocycles. The first kappa shape index (κ1) is 13.2. The zero-order valence-electron chi connectivity index (χ0n) is 10.9. The Morgan fingerprint density at radius 2 is 2.06 bits per heavy atom. The van der Waals surface area contributed by atoms with Gasteiger partial charge in [-0.05, 0) is 27.2 Å². The lowest BCUT2D eigenvalue weighted by Gasteiger charge is -2.12. The molecule has 0 radical (unpaired) electrons. The van der Waals surface area contributed by atoms with Crippen molar-refractivity contribution in [2.45, 2.75) is 52.8 Å². The van der Waals surface area contributed by atoms with Gasteiger partial charge >= 0.3 is 0 Å². The summed E-state index contributed by atoms with van der Waals surface area (Å²) in [6.07, 6.45) is 1.11. The molecule has 0 aliphatic rings. The van der Waals surface area contributed by atoms with Crippen LogP contribution in [0, 0.1) is 13.8 Å². The monoisotopic (exact) mass is 225 g/mol. The smallest absolute Gasteiger partial charge is 0.0739 e. The first-order valence-corrected chi connectivity index (χ1v) is 5.83. The van der Waals surface area contributed by atoms with E-state index in [0.717, 1.165) is 24.4 Å². The highest BCUT2D eigenvalue weighted by molar-refractivity contribution is 5.27. The van der Waals surface area contributed by atoms with Crippen LogP contribution in [0.4, 0.5) is 0 Å². The third-order valence-corrected chi connectivity index (χ3v) is 3.08. The van der Waals surface area contributed by atoms with Gasteiger partial charge < -0.3 is 10.5 Å². The summed E-state index contributed by atoms with van der Waals surface area (Å²) in [5, 5.41) is 4.52. The van der Waals surface area contributed by atoms with Gasteiger partial charge in [0.1, 0.15) is 0 Å². The summed E-state index contributed by atoms with van der Waals surface area (Å²) in [6, 6.07) is 0.0894. The van der Waals surface area contributed by atoms with Crippen molar-refractivity contribution in [1.82, 2.24) is 9.78 Å². The second-order valence-electron chi connectivity index (χ2n) is 4.33. The summed E-state index contributed by atoms with van der Waals surface area (Å²) < 4.78 is 7.25. The van der Waals surface area contributed by atoms with Gasteiger partial charge in [-0.3, -0.25) is 4.68 Å². The predicted octanol–water partition coefficient (Wildman–Crippen LogP) is 1.94. The molecule has 0 fully saturated rings. The molecule has 0 bridgehead atoms. The van der Waals surface area contributed by atoms with Gasteiger partial charge in [-0.15, -0.1) is 0 Å². The molecule has 2 atom stereocenters. The predicted molar refractivity (Wildman–Crippen MR) is 65.4 cm³/mol. The lowest BCUT2D eigenvalue weighted by molar-refractivity contribution is 0.0991. The third-order valence-electron chi connectivity index (χ3n) is 3.08. The van der Waals surface area contributed by atoms with Gasteiger partial charge in [0.2, 0.25) is 0 Å². The maximum absolute atomic E-state index is 6.09. The quantitative estimate of drug-likeness (QED) is 0.833. The summed E-state index contributed by atoms with van der Waals surface area (Å²) in [5.74, 6) is 0. The fourth-order valence-corrected chi connectivity index (χ4v) is 1.95. The van der Waals surface area contributed by atoms with Crippen LogP contribution in [0.5, 0.6) is 0 Å². The lowest BCUT2D eigenvalue weighted by atomic mass is 10.0. The number of methoxy groups -OCH3 is 1. The number of hydrogen-bond acceptors (Lipinski definition) is 3. The van der Waals surface area contributed by atoms with Crippen LogP contribution in [0.1, 0.15) is 43.3 Å². The van der Waals surface area contributed by atoms with E-state index in [1.165, 1.54) is 5.56 Å². The molecular weight excluding hydrogens is 202 g/mol. The third kappa shape index (κ3) is 2.62. The molecule has 0 aliphatic carbocycles. The van der Waals surface area contributed by atoms with Crippen LogP contribution in [0.2, 0.25) is 0 Å². The molecule has 4 heteroatoms. The molecule has 0 spiro atoms. The molecule has 0 saturated heterocycles. The van der Waals surface area contributed by atoms with E-state index in [0.29, 0.717) is 0 Å². The Morgan fingerprint density at radius 1 is 1.44 bits per heavy atom. The van der Waals surface area contributed by atoms with Gasteiger partial charge in [-0.25, -0.2) is 0 Å². The van der Waals surface area contributed by atoms with Crippen molar-refractivity contribution in [1.29, 1.82) is 0 Å². The summed E-state index contributed by atoms with van der Waals surface area (Å²) in [7, 11) is 1.72. The molecule has 4 nitrogen and oxygen atoms in total. The molecule has 1 rings (SSSR count). The van der Waals surface area contributed by atoms with Crippen molar-refractivity contribution < 1.29 is 4.74 Å². The first-order valence-electron chi connectivity index (χ1n) is 5.83. The molecule has 0 amide bonds. The fraction of sp³-hybridized carbons (Fsp3) is 0.750. The van der Waals surface area contributed by atoms with E-state index in [-0.39, 0.29) is 12.1 Å².